The minimum atomic E-state index is -4.45. The lowest BCUT2D eigenvalue weighted by molar-refractivity contribution is -0.137. The standard InChI is InChI=1S/C28H29F3N2O3S/c1-17-8-9-23(18(2)12-17)32-27(37)33-11-10-19-13-25(34-3)26(35-4)15-22(19)24(33)16-36-21-7-5-6-20(14-21)28(29,30)31/h5-9,12-15,24H,10-11,16H2,1-4H3,(H,32,37). The van der Waals surface area contributed by atoms with Crippen LogP contribution in [-0.4, -0.2) is 37.4 Å². The predicted molar refractivity (Wildman–Crippen MR) is 142 cm³/mol. The number of nitrogens with zero attached hydrogens (tertiary/aromatic N) is 1. The summed E-state index contributed by atoms with van der Waals surface area (Å²) in [5.41, 5.74) is 4.30. The molecule has 196 valence electrons. The topological polar surface area (TPSA) is 43.0 Å². The lowest BCUT2D eigenvalue weighted by Crippen LogP contribution is -2.44. The van der Waals surface area contributed by atoms with Gasteiger partial charge in [0.15, 0.2) is 16.6 Å². The molecule has 0 bridgehead atoms. The number of anilines is 1. The Morgan fingerprint density at radius 1 is 1.03 bits per heavy atom. The lowest BCUT2D eigenvalue weighted by Gasteiger charge is -2.39. The molecule has 0 saturated carbocycles. The number of rotatable bonds is 6. The first kappa shape index (κ1) is 26.6. The summed E-state index contributed by atoms with van der Waals surface area (Å²) in [6.07, 6.45) is -3.76. The Bertz CT molecular complexity index is 1300. The van der Waals surface area contributed by atoms with Gasteiger partial charge >= 0.3 is 6.18 Å². The van der Waals surface area contributed by atoms with Crippen molar-refractivity contribution in [3.05, 3.63) is 82.4 Å². The van der Waals surface area contributed by atoms with E-state index in [2.05, 4.69) is 11.4 Å². The molecule has 0 spiro atoms. The van der Waals surface area contributed by atoms with Crippen LogP contribution in [0.2, 0.25) is 0 Å². The summed E-state index contributed by atoms with van der Waals surface area (Å²) in [7, 11) is 3.14. The Kier molecular flexibility index (Phi) is 7.82. The van der Waals surface area contributed by atoms with E-state index in [0.717, 1.165) is 40.1 Å². The molecule has 37 heavy (non-hydrogen) atoms. The van der Waals surface area contributed by atoms with Crippen molar-refractivity contribution in [2.75, 3.05) is 32.7 Å². The number of alkyl halides is 3. The molecule has 5 nitrogen and oxygen atoms in total. The summed E-state index contributed by atoms with van der Waals surface area (Å²) in [6, 6.07) is 14.4. The fourth-order valence-corrected chi connectivity index (χ4v) is 4.86. The van der Waals surface area contributed by atoms with Gasteiger partial charge in [0.05, 0.1) is 25.8 Å². The monoisotopic (exact) mass is 530 g/mol. The van der Waals surface area contributed by atoms with E-state index in [1.807, 2.05) is 43.0 Å². The molecule has 0 amide bonds. The highest BCUT2D eigenvalue weighted by Crippen LogP contribution is 2.39. The molecule has 1 atom stereocenters. The summed E-state index contributed by atoms with van der Waals surface area (Å²) < 4.78 is 56.6. The van der Waals surface area contributed by atoms with Crippen LogP contribution in [0.5, 0.6) is 17.2 Å². The molecule has 1 N–H and O–H groups in total. The van der Waals surface area contributed by atoms with Crippen LogP contribution in [0.25, 0.3) is 0 Å². The summed E-state index contributed by atoms with van der Waals surface area (Å²) >= 11 is 5.82. The summed E-state index contributed by atoms with van der Waals surface area (Å²) in [6.45, 7) is 4.71. The van der Waals surface area contributed by atoms with Crippen molar-refractivity contribution in [1.29, 1.82) is 0 Å². The van der Waals surface area contributed by atoms with E-state index in [1.54, 1.807) is 14.2 Å². The molecule has 3 aromatic rings. The molecule has 1 unspecified atom stereocenters. The summed E-state index contributed by atoms with van der Waals surface area (Å²) in [4.78, 5) is 2.01. The van der Waals surface area contributed by atoms with Crippen molar-refractivity contribution in [3.8, 4) is 17.2 Å². The molecule has 9 heteroatoms. The van der Waals surface area contributed by atoms with E-state index in [4.69, 9.17) is 26.4 Å². The van der Waals surface area contributed by atoms with Gasteiger partial charge in [0.25, 0.3) is 0 Å². The fourth-order valence-electron chi connectivity index (χ4n) is 4.53. The zero-order valence-electron chi connectivity index (χ0n) is 21.1. The van der Waals surface area contributed by atoms with Gasteiger partial charge in [-0.15, -0.1) is 0 Å². The van der Waals surface area contributed by atoms with E-state index < -0.39 is 11.7 Å². The number of benzene rings is 3. The SMILES string of the molecule is COc1cc2c(cc1OC)C(COc1cccc(C(F)(F)F)c1)N(C(=S)Nc1ccc(C)cc1C)CC2. The lowest BCUT2D eigenvalue weighted by atomic mass is 9.92. The van der Waals surface area contributed by atoms with E-state index in [9.17, 15) is 13.2 Å². The van der Waals surface area contributed by atoms with Crippen molar-refractivity contribution in [2.24, 2.45) is 0 Å². The predicted octanol–water partition coefficient (Wildman–Crippen LogP) is 6.71. The van der Waals surface area contributed by atoms with Gasteiger partial charge in [-0.05, 0) is 85.6 Å². The maximum atomic E-state index is 13.2. The first-order chi connectivity index (χ1) is 17.6. The van der Waals surface area contributed by atoms with Crippen LogP contribution in [0, 0.1) is 13.8 Å². The van der Waals surface area contributed by atoms with Gasteiger partial charge in [0.1, 0.15) is 12.4 Å². The number of nitrogens with one attached hydrogen (secondary N) is 1. The molecule has 0 saturated heterocycles. The minimum Gasteiger partial charge on any atom is -0.493 e. The summed E-state index contributed by atoms with van der Waals surface area (Å²) in [5, 5.41) is 3.85. The molecular weight excluding hydrogens is 501 g/mol. The number of halogens is 3. The molecule has 0 radical (unpaired) electrons. The van der Waals surface area contributed by atoms with E-state index in [0.29, 0.717) is 29.6 Å². The number of fused-ring (bicyclic) bond motifs is 1. The van der Waals surface area contributed by atoms with Crippen LogP contribution in [0.15, 0.2) is 54.6 Å². The Labute approximate surface area is 220 Å². The van der Waals surface area contributed by atoms with Crippen molar-refractivity contribution in [1.82, 2.24) is 4.90 Å². The van der Waals surface area contributed by atoms with Crippen LogP contribution in [-0.2, 0) is 12.6 Å². The third-order valence-electron chi connectivity index (χ3n) is 6.46. The zero-order chi connectivity index (χ0) is 26.7. The van der Waals surface area contributed by atoms with Gasteiger partial charge in [-0.25, -0.2) is 0 Å². The zero-order valence-corrected chi connectivity index (χ0v) is 21.9. The number of hydrogen-bond acceptors (Lipinski definition) is 4. The van der Waals surface area contributed by atoms with Gasteiger partial charge in [-0.2, -0.15) is 13.2 Å². The second-order valence-electron chi connectivity index (χ2n) is 8.95. The van der Waals surface area contributed by atoms with Crippen LogP contribution < -0.4 is 19.5 Å². The average Bonchev–Trinajstić information content (AvgIpc) is 2.87. The Morgan fingerprint density at radius 3 is 2.43 bits per heavy atom. The first-order valence-electron chi connectivity index (χ1n) is 11.8. The van der Waals surface area contributed by atoms with Gasteiger partial charge in [0.2, 0.25) is 0 Å². The molecule has 0 aromatic heterocycles. The van der Waals surface area contributed by atoms with E-state index >= 15 is 0 Å². The van der Waals surface area contributed by atoms with Crippen molar-refractivity contribution in [3.63, 3.8) is 0 Å². The largest absolute Gasteiger partial charge is 0.493 e. The van der Waals surface area contributed by atoms with Gasteiger partial charge in [-0.3, -0.25) is 0 Å². The highest BCUT2D eigenvalue weighted by atomic mass is 32.1. The average molecular weight is 531 g/mol. The highest BCUT2D eigenvalue weighted by Gasteiger charge is 2.33. The van der Waals surface area contributed by atoms with Crippen LogP contribution in [0.1, 0.15) is 33.9 Å². The highest BCUT2D eigenvalue weighted by molar-refractivity contribution is 7.80. The molecular formula is C28H29F3N2O3S. The van der Waals surface area contributed by atoms with Gasteiger partial charge in [0, 0.05) is 12.2 Å². The number of thiocarbonyl (C=S) groups is 1. The number of ether oxygens (including phenoxy) is 3. The number of aryl methyl sites for hydroxylation is 2. The van der Waals surface area contributed by atoms with Crippen LogP contribution >= 0.6 is 12.2 Å². The molecule has 3 aromatic carbocycles. The molecule has 0 aliphatic carbocycles. The normalized spacial score (nSPS) is 15.1. The van der Waals surface area contributed by atoms with E-state index in [1.165, 1.54) is 12.1 Å². The molecule has 1 aliphatic rings. The summed E-state index contributed by atoms with van der Waals surface area (Å²) in [5.74, 6) is 1.30. The first-order valence-corrected chi connectivity index (χ1v) is 12.2. The minimum absolute atomic E-state index is 0.0818. The second-order valence-corrected chi connectivity index (χ2v) is 9.34. The van der Waals surface area contributed by atoms with Crippen molar-refractivity contribution < 1.29 is 27.4 Å². The number of hydrogen-bond donors (Lipinski definition) is 1. The third kappa shape index (κ3) is 5.93. The molecule has 0 fully saturated rings. The number of methoxy groups -OCH3 is 2. The Balaban J connectivity index is 1.66. The molecule has 1 heterocycles. The Morgan fingerprint density at radius 2 is 1.76 bits per heavy atom. The maximum absolute atomic E-state index is 13.2. The third-order valence-corrected chi connectivity index (χ3v) is 6.79. The smallest absolute Gasteiger partial charge is 0.416 e. The van der Waals surface area contributed by atoms with Gasteiger partial charge < -0.3 is 24.4 Å². The molecule has 1 aliphatic heterocycles. The maximum Gasteiger partial charge on any atom is 0.416 e. The van der Waals surface area contributed by atoms with Gasteiger partial charge in [-0.1, -0.05) is 23.8 Å². The van der Waals surface area contributed by atoms with Crippen molar-refractivity contribution >= 4 is 23.0 Å². The second kappa shape index (κ2) is 10.9. The quantitative estimate of drug-likeness (QED) is 0.357. The van der Waals surface area contributed by atoms with Crippen molar-refractivity contribution in [2.45, 2.75) is 32.5 Å². The molecule has 4 rings (SSSR count). The Hall–Kier alpha value is -3.46. The van der Waals surface area contributed by atoms with Crippen LogP contribution in [0.3, 0.4) is 0 Å². The fraction of sp³-hybridized carbons (Fsp3) is 0.321. The van der Waals surface area contributed by atoms with Crippen LogP contribution in [0.4, 0.5) is 18.9 Å². The van der Waals surface area contributed by atoms with E-state index in [-0.39, 0.29) is 18.4 Å².